The summed E-state index contributed by atoms with van der Waals surface area (Å²) in [6.45, 7) is 4.29. The lowest BCUT2D eigenvalue weighted by Crippen LogP contribution is -1.97. The molecule has 14 heavy (non-hydrogen) atoms. The molecule has 2 aromatic rings. The molecule has 2 rings (SSSR count). The molecule has 3 heteroatoms. The van der Waals surface area contributed by atoms with Gasteiger partial charge in [-0.05, 0) is 26.0 Å². The molecule has 0 aliphatic heterocycles. The van der Waals surface area contributed by atoms with E-state index < -0.39 is 0 Å². The molecule has 3 nitrogen and oxygen atoms in total. The largest absolute Gasteiger partial charge is 0.497 e. The van der Waals surface area contributed by atoms with Crippen molar-refractivity contribution in [1.29, 1.82) is 0 Å². The highest BCUT2D eigenvalue weighted by atomic mass is 16.5. The summed E-state index contributed by atoms with van der Waals surface area (Å²) >= 11 is 0. The first-order chi connectivity index (χ1) is 6.72. The Kier molecular flexibility index (Phi) is 2.15. The molecule has 0 amide bonds. The average Bonchev–Trinajstić information content (AvgIpc) is 2.59. The second kappa shape index (κ2) is 3.33. The molecule has 0 unspecified atom stereocenters. The summed E-state index contributed by atoms with van der Waals surface area (Å²) in [5.41, 5.74) is 2.14. The number of benzene rings is 1. The molecule has 1 aromatic heterocycles. The first-order valence-electron chi connectivity index (χ1n) is 4.73. The molecule has 0 N–H and O–H groups in total. The van der Waals surface area contributed by atoms with Crippen LogP contribution in [0.4, 0.5) is 0 Å². The van der Waals surface area contributed by atoms with Crippen LogP contribution in [-0.4, -0.2) is 16.7 Å². The van der Waals surface area contributed by atoms with Crippen LogP contribution in [0.25, 0.3) is 11.0 Å². The molecule has 0 saturated heterocycles. The highest BCUT2D eigenvalue weighted by Crippen LogP contribution is 2.21. The molecule has 74 valence electrons. The second-order valence-electron chi connectivity index (χ2n) is 3.60. The van der Waals surface area contributed by atoms with Gasteiger partial charge in [-0.25, -0.2) is 4.98 Å². The molecule has 1 aromatic carbocycles. The summed E-state index contributed by atoms with van der Waals surface area (Å²) in [6.07, 6.45) is 1.87. The van der Waals surface area contributed by atoms with E-state index in [9.17, 15) is 0 Å². The lowest BCUT2D eigenvalue weighted by Gasteiger charge is -2.07. The predicted octanol–water partition coefficient (Wildman–Crippen LogP) is 2.63. The first-order valence-corrected chi connectivity index (χ1v) is 4.73. The first kappa shape index (κ1) is 9.06. The van der Waals surface area contributed by atoms with E-state index in [1.807, 2.05) is 24.5 Å². The normalized spacial score (nSPS) is 11.1. The van der Waals surface area contributed by atoms with Gasteiger partial charge in [-0.1, -0.05) is 0 Å². The van der Waals surface area contributed by atoms with Crippen molar-refractivity contribution in [2.75, 3.05) is 7.11 Å². The van der Waals surface area contributed by atoms with E-state index in [-0.39, 0.29) is 0 Å². The van der Waals surface area contributed by atoms with Crippen LogP contribution in [-0.2, 0) is 0 Å². The van der Waals surface area contributed by atoms with Crippen LogP contribution in [0, 0.1) is 0 Å². The number of methoxy groups -OCH3 is 1. The van der Waals surface area contributed by atoms with E-state index in [1.54, 1.807) is 7.11 Å². The Morgan fingerprint density at radius 3 is 2.79 bits per heavy atom. The van der Waals surface area contributed by atoms with E-state index in [0.29, 0.717) is 6.04 Å². The van der Waals surface area contributed by atoms with Crippen LogP contribution in [0.2, 0.25) is 0 Å². The third kappa shape index (κ3) is 1.35. The summed E-state index contributed by atoms with van der Waals surface area (Å²) < 4.78 is 7.29. The SMILES string of the molecule is COc1ccc2c(c1)ncn2C(C)C. The zero-order chi connectivity index (χ0) is 10.1. The zero-order valence-electron chi connectivity index (χ0n) is 8.69. The number of fused-ring (bicyclic) bond motifs is 1. The maximum absolute atomic E-state index is 5.14. The number of hydrogen-bond acceptors (Lipinski definition) is 2. The predicted molar refractivity (Wildman–Crippen MR) is 56.7 cm³/mol. The summed E-state index contributed by atoms with van der Waals surface area (Å²) in [5.74, 6) is 0.853. The fraction of sp³-hybridized carbons (Fsp3) is 0.364. The van der Waals surface area contributed by atoms with Gasteiger partial charge in [-0.3, -0.25) is 0 Å². The van der Waals surface area contributed by atoms with Gasteiger partial charge in [-0.15, -0.1) is 0 Å². The molecule has 0 bridgehead atoms. The summed E-state index contributed by atoms with van der Waals surface area (Å²) in [7, 11) is 1.67. The highest BCUT2D eigenvalue weighted by Gasteiger charge is 2.05. The molecule has 0 atom stereocenters. The number of imidazole rings is 1. The van der Waals surface area contributed by atoms with E-state index in [4.69, 9.17) is 4.74 Å². The summed E-state index contributed by atoms with van der Waals surface area (Å²) in [6, 6.07) is 6.39. The molecule has 0 aliphatic rings. The van der Waals surface area contributed by atoms with Crippen LogP contribution in [0.1, 0.15) is 19.9 Å². The van der Waals surface area contributed by atoms with Crippen LogP contribution in [0.15, 0.2) is 24.5 Å². The van der Waals surface area contributed by atoms with Gasteiger partial charge in [-0.2, -0.15) is 0 Å². The van der Waals surface area contributed by atoms with Gasteiger partial charge in [0, 0.05) is 12.1 Å². The molecule has 0 aliphatic carbocycles. The zero-order valence-corrected chi connectivity index (χ0v) is 8.69. The summed E-state index contributed by atoms with van der Waals surface area (Å²) in [5, 5.41) is 0. The minimum Gasteiger partial charge on any atom is -0.497 e. The fourth-order valence-corrected chi connectivity index (χ4v) is 1.55. The van der Waals surface area contributed by atoms with Crippen molar-refractivity contribution in [2.24, 2.45) is 0 Å². The van der Waals surface area contributed by atoms with Crippen LogP contribution in [0.3, 0.4) is 0 Å². The third-order valence-corrected chi connectivity index (χ3v) is 2.34. The van der Waals surface area contributed by atoms with E-state index >= 15 is 0 Å². The number of hydrogen-bond donors (Lipinski definition) is 0. The van der Waals surface area contributed by atoms with Gasteiger partial charge >= 0.3 is 0 Å². The van der Waals surface area contributed by atoms with Crippen molar-refractivity contribution in [1.82, 2.24) is 9.55 Å². The van der Waals surface area contributed by atoms with Gasteiger partial charge in [0.05, 0.1) is 24.5 Å². The van der Waals surface area contributed by atoms with Crippen molar-refractivity contribution >= 4 is 11.0 Å². The molecular formula is C11H14N2O. The Hall–Kier alpha value is -1.51. The van der Waals surface area contributed by atoms with Crippen LogP contribution >= 0.6 is 0 Å². The lowest BCUT2D eigenvalue weighted by atomic mass is 10.3. The van der Waals surface area contributed by atoms with Crippen molar-refractivity contribution < 1.29 is 4.74 Å². The highest BCUT2D eigenvalue weighted by molar-refractivity contribution is 5.77. The van der Waals surface area contributed by atoms with Gasteiger partial charge in [0.1, 0.15) is 5.75 Å². The van der Waals surface area contributed by atoms with E-state index in [2.05, 4.69) is 23.4 Å². The Balaban J connectivity index is 2.59. The van der Waals surface area contributed by atoms with E-state index in [0.717, 1.165) is 16.8 Å². The van der Waals surface area contributed by atoms with Crippen molar-refractivity contribution in [3.63, 3.8) is 0 Å². The smallest absolute Gasteiger partial charge is 0.121 e. The van der Waals surface area contributed by atoms with Crippen LogP contribution < -0.4 is 4.74 Å². The minimum atomic E-state index is 0.438. The number of nitrogens with zero attached hydrogens (tertiary/aromatic N) is 2. The minimum absolute atomic E-state index is 0.438. The monoisotopic (exact) mass is 190 g/mol. The number of aromatic nitrogens is 2. The molecule has 1 heterocycles. The maximum Gasteiger partial charge on any atom is 0.121 e. The number of rotatable bonds is 2. The molecule has 0 radical (unpaired) electrons. The van der Waals surface area contributed by atoms with Crippen molar-refractivity contribution in [3.8, 4) is 5.75 Å². The number of ether oxygens (including phenoxy) is 1. The van der Waals surface area contributed by atoms with Crippen molar-refractivity contribution in [2.45, 2.75) is 19.9 Å². The fourth-order valence-electron chi connectivity index (χ4n) is 1.55. The Labute approximate surface area is 83.3 Å². The molecule has 0 saturated carbocycles. The van der Waals surface area contributed by atoms with Gasteiger partial charge in [0.25, 0.3) is 0 Å². The van der Waals surface area contributed by atoms with Crippen molar-refractivity contribution in [3.05, 3.63) is 24.5 Å². The standard InChI is InChI=1S/C11H14N2O/c1-8(2)13-7-12-10-6-9(14-3)4-5-11(10)13/h4-8H,1-3H3. The average molecular weight is 190 g/mol. The quantitative estimate of drug-likeness (QED) is 0.727. The Morgan fingerprint density at radius 1 is 1.36 bits per heavy atom. The molecule has 0 spiro atoms. The topological polar surface area (TPSA) is 27.1 Å². The third-order valence-electron chi connectivity index (χ3n) is 2.34. The van der Waals surface area contributed by atoms with Crippen LogP contribution in [0.5, 0.6) is 5.75 Å². The van der Waals surface area contributed by atoms with Gasteiger partial charge in [0.15, 0.2) is 0 Å². The summed E-state index contributed by atoms with van der Waals surface area (Å²) in [4.78, 5) is 4.33. The second-order valence-corrected chi connectivity index (χ2v) is 3.60. The molecular weight excluding hydrogens is 176 g/mol. The van der Waals surface area contributed by atoms with Gasteiger partial charge < -0.3 is 9.30 Å². The van der Waals surface area contributed by atoms with E-state index in [1.165, 1.54) is 0 Å². The maximum atomic E-state index is 5.14. The van der Waals surface area contributed by atoms with Gasteiger partial charge in [0.2, 0.25) is 0 Å². The molecule has 0 fully saturated rings. The Morgan fingerprint density at radius 2 is 2.14 bits per heavy atom. The lowest BCUT2D eigenvalue weighted by molar-refractivity contribution is 0.415. The Bertz CT molecular complexity index is 445.